The first-order valence-electron chi connectivity index (χ1n) is 9.37. The normalized spacial score (nSPS) is 18.4. The number of piperidine rings is 1. The van der Waals surface area contributed by atoms with Gasteiger partial charge >= 0.3 is 6.09 Å². The quantitative estimate of drug-likeness (QED) is 0.802. The maximum absolute atomic E-state index is 13.3. The van der Waals surface area contributed by atoms with Crippen LogP contribution in [0.1, 0.15) is 39.2 Å². The molecule has 1 fully saturated rings. The van der Waals surface area contributed by atoms with Crippen LogP contribution in [0.4, 0.5) is 9.18 Å². The van der Waals surface area contributed by atoms with Crippen LogP contribution >= 0.6 is 0 Å². The van der Waals surface area contributed by atoms with Crippen molar-refractivity contribution >= 4 is 6.09 Å². The summed E-state index contributed by atoms with van der Waals surface area (Å²) in [6.07, 6.45) is 1.24. The molecule has 1 heterocycles. The smallest absolute Gasteiger partial charge is 0.407 e. The Morgan fingerprint density at radius 2 is 2.04 bits per heavy atom. The van der Waals surface area contributed by atoms with Crippen LogP contribution in [0.2, 0.25) is 0 Å². The number of alkyl halides is 1. The molecule has 1 aliphatic heterocycles. The minimum absolute atomic E-state index is 0.398. The number of ether oxygens (including phenoxy) is 2. The van der Waals surface area contributed by atoms with E-state index in [4.69, 9.17) is 9.47 Å². The van der Waals surface area contributed by atoms with E-state index in [0.29, 0.717) is 26.1 Å². The second kappa shape index (κ2) is 9.76. The Morgan fingerprint density at radius 3 is 2.69 bits per heavy atom. The highest BCUT2D eigenvalue weighted by Gasteiger charge is 2.18. The number of carbonyl (C=O) groups excluding carboxylic acids is 1. The number of alkyl carbamates (subject to hydrolysis) is 1. The summed E-state index contributed by atoms with van der Waals surface area (Å²) in [5.41, 5.74) is 0.632. The van der Waals surface area contributed by atoms with Crippen molar-refractivity contribution in [2.75, 3.05) is 32.8 Å². The van der Waals surface area contributed by atoms with Gasteiger partial charge in [0.1, 0.15) is 24.1 Å². The summed E-state index contributed by atoms with van der Waals surface area (Å²) >= 11 is 0. The predicted molar refractivity (Wildman–Crippen MR) is 100 cm³/mol. The number of hydrogen-bond donors (Lipinski definition) is 1. The number of rotatable bonds is 7. The van der Waals surface area contributed by atoms with Crippen molar-refractivity contribution in [1.29, 1.82) is 0 Å². The first kappa shape index (κ1) is 20.5. The molecular formula is C20H31FN2O3. The fourth-order valence-corrected chi connectivity index (χ4v) is 2.87. The summed E-state index contributed by atoms with van der Waals surface area (Å²) in [6, 6.07) is 7.84. The molecule has 146 valence electrons. The molecule has 0 radical (unpaired) electrons. The van der Waals surface area contributed by atoms with Crippen LogP contribution in [0.15, 0.2) is 24.3 Å². The van der Waals surface area contributed by atoms with Crippen molar-refractivity contribution < 1.29 is 18.7 Å². The Morgan fingerprint density at radius 1 is 1.31 bits per heavy atom. The zero-order chi connectivity index (χ0) is 19.0. The summed E-state index contributed by atoms with van der Waals surface area (Å²) in [6.45, 7) is 8.83. The summed E-state index contributed by atoms with van der Waals surface area (Å²) in [4.78, 5) is 13.7. The largest absolute Gasteiger partial charge is 0.492 e. The Balaban J connectivity index is 1.64. The molecule has 0 unspecified atom stereocenters. The van der Waals surface area contributed by atoms with Crippen LogP contribution in [-0.2, 0) is 11.2 Å². The maximum Gasteiger partial charge on any atom is 0.407 e. The van der Waals surface area contributed by atoms with E-state index in [-0.39, 0.29) is 0 Å². The van der Waals surface area contributed by atoms with Crippen LogP contribution in [0, 0.1) is 0 Å². The lowest BCUT2D eigenvalue weighted by Crippen LogP contribution is -2.38. The van der Waals surface area contributed by atoms with Gasteiger partial charge in [0, 0.05) is 19.6 Å². The first-order valence-corrected chi connectivity index (χ1v) is 9.37. The van der Waals surface area contributed by atoms with Crippen LogP contribution in [-0.4, -0.2) is 55.6 Å². The molecule has 0 spiro atoms. The lowest BCUT2D eigenvalue weighted by Gasteiger charge is -2.28. The zero-order valence-corrected chi connectivity index (χ0v) is 16.1. The number of halogens is 1. The van der Waals surface area contributed by atoms with Gasteiger partial charge in [-0.1, -0.05) is 12.1 Å². The molecule has 5 nitrogen and oxygen atoms in total. The topological polar surface area (TPSA) is 50.8 Å². The fraction of sp³-hybridized carbons (Fsp3) is 0.650. The van der Waals surface area contributed by atoms with Gasteiger partial charge in [0.05, 0.1) is 0 Å². The molecule has 2 rings (SSSR count). The van der Waals surface area contributed by atoms with Gasteiger partial charge in [0.15, 0.2) is 0 Å². The molecule has 0 saturated carbocycles. The third kappa shape index (κ3) is 8.04. The summed E-state index contributed by atoms with van der Waals surface area (Å²) < 4.78 is 24.3. The number of hydrogen-bond acceptors (Lipinski definition) is 4. The molecule has 26 heavy (non-hydrogen) atoms. The van der Waals surface area contributed by atoms with Crippen LogP contribution in [0.3, 0.4) is 0 Å². The van der Waals surface area contributed by atoms with Crippen LogP contribution in [0.5, 0.6) is 5.75 Å². The van der Waals surface area contributed by atoms with E-state index >= 15 is 0 Å². The highest BCUT2D eigenvalue weighted by molar-refractivity contribution is 5.67. The van der Waals surface area contributed by atoms with Gasteiger partial charge in [-0.15, -0.1) is 0 Å². The van der Waals surface area contributed by atoms with Crippen molar-refractivity contribution in [3.8, 4) is 5.75 Å². The van der Waals surface area contributed by atoms with E-state index in [9.17, 15) is 9.18 Å². The maximum atomic E-state index is 13.3. The number of amides is 1. The number of benzene rings is 1. The van der Waals surface area contributed by atoms with Gasteiger partial charge < -0.3 is 14.8 Å². The third-order valence-electron chi connectivity index (χ3n) is 4.13. The number of likely N-dealkylation sites (tertiary alicyclic amines) is 1. The monoisotopic (exact) mass is 366 g/mol. The summed E-state index contributed by atoms with van der Waals surface area (Å²) in [7, 11) is 0. The van der Waals surface area contributed by atoms with Gasteiger partial charge in [-0.2, -0.15) is 0 Å². The summed E-state index contributed by atoms with van der Waals surface area (Å²) in [5.74, 6) is 0.808. The zero-order valence-electron chi connectivity index (χ0n) is 16.1. The molecule has 1 aliphatic rings. The molecule has 0 aliphatic carbocycles. The Bertz CT molecular complexity index is 557. The lowest BCUT2D eigenvalue weighted by molar-refractivity contribution is 0.0528. The second-order valence-electron chi connectivity index (χ2n) is 7.71. The summed E-state index contributed by atoms with van der Waals surface area (Å²) in [5, 5.41) is 2.75. The number of nitrogens with zero attached hydrogens (tertiary/aromatic N) is 1. The Hall–Kier alpha value is -1.82. The van der Waals surface area contributed by atoms with E-state index in [1.54, 1.807) is 0 Å². The minimum atomic E-state index is -0.697. The molecule has 1 N–H and O–H groups in total. The molecule has 1 aromatic rings. The van der Waals surface area contributed by atoms with Gasteiger partial charge in [-0.25, -0.2) is 9.18 Å². The third-order valence-corrected chi connectivity index (χ3v) is 4.13. The average Bonchev–Trinajstić information content (AvgIpc) is 2.55. The van der Waals surface area contributed by atoms with E-state index in [1.807, 2.05) is 45.0 Å². The van der Waals surface area contributed by atoms with Crippen LogP contribution in [0.25, 0.3) is 0 Å². The van der Waals surface area contributed by atoms with Crippen molar-refractivity contribution in [2.24, 2.45) is 0 Å². The molecule has 1 atom stereocenters. The Labute approximate surface area is 155 Å². The fourth-order valence-electron chi connectivity index (χ4n) is 2.87. The van der Waals surface area contributed by atoms with Crippen molar-refractivity contribution in [1.82, 2.24) is 10.2 Å². The molecule has 0 bridgehead atoms. The molecule has 1 saturated heterocycles. The molecule has 0 aromatic heterocycles. The molecule has 6 heteroatoms. The number of nitrogens with one attached hydrogen (secondary N) is 1. The van der Waals surface area contributed by atoms with Gasteiger partial charge in [0.2, 0.25) is 0 Å². The van der Waals surface area contributed by atoms with Crippen molar-refractivity contribution in [3.63, 3.8) is 0 Å². The minimum Gasteiger partial charge on any atom is -0.492 e. The standard InChI is InChI=1S/C20H31FN2O3/c1-20(2,3)26-19(24)22-11-10-16-6-8-18(9-7-16)25-14-13-23-12-4-5-17(21)15-23/h6-9,17H,4-5,10-15H2,1-3H3,(H,22,24)/t17-/m0/s1. The highest BCUT2D eigenvalue weighted by atomic mass is 19.1. The van der Waals surface area contributed by atoms with E-state index < -0.39 is 17.9 Å². The van der Waals surface area contributed by atoms with Crippen molar-refractivity contribution in [3.05, 3.63) is 29.8 Å². The van der Waals surface area contributed by atoms with Crippen LogP contribution < -0.4 is 10.1 Å². The number of carbonyl (C=O) groups is 1. The van der Waals surface area contributed by atoms with Gasteiger partial charge in [-0.05, 0) is 64.3 Å². The molecule has 1 aromatic carbocycles. The van der Waals surface area contributed by atoms with Crippen molar-refractivity contribution in [2.45, 2.75) is 51.8 Å². The van der Waals surface area contributed by atoms with E-state index in [2.05, 4.69) is 10.2 Å². The lowest BCUT2D eigenvalue weighted by atomic mass is 10.1. The van der Waals surface area contributed by atoms with Gasteiger partial charge in [-0.3, -0.25) is 4.90 Å². The first-order chi connectivity index (χ1) is 12.3. The molecule has 1 amide bonds. The highest BCUT2D eigenvalue weighted by Crippen LogP contribution is 2.15. The SMILES string of the molecule is CC(C)(C)OC(=O)NCCc1ccc(OCCN2CCC[C@H](F)C2)cc1. The predicted octanol–water partition coefficient (Wildman–Crippen LogP) is 3.57. The Kier molecular flexibility index (Phi) is 7.69. The van der Waals surface area contributed by atoms with E-state index in [1.165, 1.54) is 0 Å². The average molecular weight is 366 g/mol. The van der Waals surface area contributed by atoms with Gasteiger partial charge in [0.25, 0.3) is 0 Å². The van der Waals surface area contributed by atoms with E-state index in [0.717, 1.165) is 37.2 Å². The molecular weight excluding hydrogens is 335 g/mol. The second-order valence-corrected chi connectivity index (χ2v) is 7.71.